The molecule has 0 spiro atoms. The van der Waals surface area contributed by atoms with Crippen molar-refractivity contribution >= 4 is 17.7 Å². The van der Waals surface area contributed by atoms with Crippen molar-refractivity contribution in [3.8, 4) is 11.4 Å². The zero-order chi connectivity index (χ0) is 17.6. The molecule has 0 saturated carbocycles. The number of aromatic nitrogens is 4. The minimum Gasteiger partial charge on any atom is -0.497 e. The number of rotatable bonds is 6. The lowest BCUT2D eigenvalue weighted by Crippen LogP contribution is -2.01. The van der Waals surface area contributed by atoms with E-state index in [9.17, 15) is 4.79 Å². The smallest absolute Gasteiger partial charge is 0.337 e. The average molecular weight is 356 g/mol. The van der Waals surface area contributed by atoms with E-state index < -0.39 is 0 Å². The number of carbonyl (C=O) groups is 1. The quantitative estimate of drug-likeness (QED) is 0.496. The lowest BCUT2D eigenvalue weighted by atomic mass is 10.1. The molecule has 7 nitrogen and oxygen atoms in total. The lowest BCUT2D eigenvalue weighted by Gasteiger charge is -2.06. The molecule has 0 radical (unpaired) electrons. The molecule has 0 amide bonds. The highest BCUT2D eigenvalue weighted by atomic mass is 32.2. The second-order valence-electron chi connectivity index (χ2n) is 5.05. The van der Waals surface area contributed by atoms with Crippen LogP contribution in [-0.4, -0.2) is 40.4 Å². The van der Waals surface area contributed by atoms with Gasteiger partial charge in [-0.05, 0) is 52.4 Å². The van der Waals surface area contributed by atoms with Crippen LogP contribution in [0.2, 0.25) is 0 Å². The number of hydrogen-bond acceptors (Lipinski definition) is 7. The van der Waals surface area contributed by atoms with Crippen LogP contribution in [0, 0.1) is 0 Å². The molecule has 0 aliphatic heterocycles. The molecule has 0 saturated heterocycles. The fraction of sp³-hybridized carbons (Fsp3) is 0.176. The van der Waals surface area contributed by atoms with Gasteiger partial charge in [0.2, 0.25) is 5.16 Å². The molecule has 0 N–H and O–H groups in total. The Morgan fingerprint density at radius 1 is 1.08 bits per heavy atom. The average Bonchev–Trinajstić information content (AvgIpc) is 3.15. The topological polar surface area (TPSA) is 79.1 Å². The van der Waals surface area contributed by atoms with Crippen LogP contribution in [0.25, 0.3) is 5.69 Å². The number of thioether (sulfide) groups is 1. The van der Waals surface area contributed by atoms with Crippen LogP contribution in [0.1, 0.15) is 15.9 Å². The van der Waals surface area contributed by atoms with Crippen LogP contribution in [0.15, 0.2) is 53.7 Å². The Bertz CT molecular complexity index is 847. The molecular weight excluding hydrogens is 340 g/mol. The summed E-state index contributed by atoms with van der Waals surface area (Å²) in [6.45, 7) is 0. The van der Waals surface area contributed by atoms with Crippen molar-refractivity contribution < 1.29 is 14.3 Å². The monoisotopic (exact) mass is 356 g/mol. The maximum absolute atomic E-state index is 11.5. The number of carbonyl (C=O) groups excluding carboxylic acids is 1. The van der Waals surface area contributed by atoms with Gasteiger partial charge in [0.15, 0.2) is 0 Å². The van der Waals surface area contributed by atoms with Crippen LogP contribution in [-0.2, 0) is 10.5 Å². The molecule has 1 heterocycles. The maximum atomic E-state index is 11.5. The minimum absolute atomic E-state index is 0.345. The number of tetrazole rings is 1. The summed E-state index contributed by atoms with van der Waals surface area (Å²) in [4.78, 5) is 11.5. The van der Waals surface area contributed by atoms with Crippen LogP contribution in [0.5, 0.6) is 5.75 Å². The Morgan fingerprint density at radius 2 is 1.80 bits per heavy atom. The summed E-state index contributed by atoms with van der Waals surface area (Å²) in [5.41, 5.74) is 2.44. The molecule has 0 aliphatic rings. The third-order valence-corrected chi connectivity index (χ3v) is 4.49. The van der Waals surface area contributed by atoms with Crippen molar-refractivity contribution in [2.24, 2.45) is 0 Å². The number of benzene rings is 2. The summed E-state index contributed by atoms with van der Waals surface area (Å²) in [5.74, 6) is 1.11. The van der Waals surface area contributed by atoms with Gasteiger partial charge >= 0.3 is 5.97 Å². The van der Waals surface area contributed by atoms with E-state index in [4.69, 9.17) is 9.47 Å². The van der Waals surface area contributed by atoms with Crippen LogP contribution in [0.4, 0.5) is 0 Å². The van der Waals surface area contributed by atoms with Gasteiger partial charge in [-0.25, -0.2) is 4.79 Å². The van der Waals surface area contributed by atoms with Gasteiger partial charge in [-0.15, -0.1) is 5.10 Å². The number of hydrogen-bond donors (Lipinski definition) is 0. The normalized spacial score (nSPS) is 10.5. The van der Waals surface area contributed by atoms with E-state index in [2.05, 4.69) is 15.5 Å². The number of ether oxygens (including phenoxy) is 2. The first-order chi connectivity index (χ1) is 12.2. The standard InChI is InChI=1S/C17H16N4O3S/c1-23-15-9-7-14(8-10-15)21-17(18-19-20-21)25-11-12-3-5-13(6-4-12)16(22)24-2/h3-10H,11H2,1-2H3. The summed E-state index contributed by atoms with van der Waals surface area (Å²) in [6.07, 6.45) is 0. The van der Waals surface area contributed by atoms with Gasteiger partial charge in [-0.3, -0.25) is 0 Å². The van der Waals surface area contributed by atoms with Crippen molar-refractivity contribution in [3.05, 3.63) is 59.7 Å². The molecule has 0 atom stereocenters. The Morgan fingerprint density at radius 3 is 2.44 bits per heavy atom. The summed E-state index contributed by atoms with van der Waals surface area (Å²) >= 11 is 1.51. The van der Waals surface area contributed by atoms with E-state index >= 15 is 0 Å². The number of methoxy groups -OCH3 is 2. The molecular formula is C17H16N4O3S. The van der Waals surface area contributed by atoms with Gasteiger partial charge in [0.25, 0.3) is 0 Å². The Kier molecular flexibility index (Phi) is 5.30. The van der Waals surface area contributed by atoms with E-state index in [1.165, 1.54) is 18.9 Å². The number of nitrogens with zero attached hydrogens (tertiary/aromatic N) is 4. The largest absolute Gasteiger partial charge is 0.497 e. The Hall–Kier alpha value is -2.87. The van der Waals surface area contributed by atoms with Crippen molar-refractivity contribution in [1.82, 2.24) is 20.2 Å². The molecule has 8 heteroatoms. The van der Waals surface area contributed by atoms with E-state index in [0.717, 1.165) is 17.0 Å². The predicted octanol–water partition coefficient (Wildman–Crippen LogP) is 2.75. The second kappa shape index (κ2) is 7.80. The van der Waals surface area contributed by atoms with Gasteiger partial charge in [0.1, 0.15) is 5.75 Å². The highest BCUT2D eigenvalue weighted by Crippen LogP contribution is 2.23. The van der Waals surface area contributed by atoms with E-state index in [1.54, 1.807) is 23.9 Å². The molecule has 2 aromatic carbocycles. The van der Waals surface area contributed by atoms with Crippen molar-refractivity contribution in [2.75, 3.05) is 14.2 Å². The highest BCUT2D eigenvalue weighted by molar-refractivity contribution is 7.98. The van der Waals surface area contributed by atoms with Gasteiger partial charge in [-0.2, -0.15) is 4.68 Å². The fourth-order valence-electron chi connectivity index (χ4n) is 2.16. The third-order valence-electron chi connectivity index (χ3n) is 3.50. The molecule has 1 aromatic heterocycles. The molecule has 3 rings (SSSR count). The summed E-state index contributed by atoms with van der Waals surface area (Å²) in [7, 11) is 2.99. The zero-order valence-electron chi connectivity index (χ0n) is 13.7. The van der Waals surface area contributed by atoms with Crippen molar-refractivity contribution in [1.29, 1.82) is 0 Å². The SMILES string of the molecule is COC(=O)c1ccc(CSc2nnnn2-c2ccc(OC)cc2)cc1. The van der Waals surface area contributed by atoms with Crippen LogP contribution in [0.3, 0.4) is 0 Å². The zero-order valence-corrected chi connectivity index (χ0v) is 14.6. The van der Waals surface area contributed by atoms with E-state index in [0.29, 0.717) is 16.5 Å². The molecule has 0 aliphatic carbocycles. The molecule has 25 heavy (non-hydrogen) atoms. The molecule has 128 valence electrons. The fourth-order valence-corrected chi connectivity index (χ4v) is 3.00. The van der Waals surface area contributed by atoms with Crippen molar-refractivity contribution in [3.63, 3.8) is 0 Å². The highest BCUT2D eigenvalue weighted by Gasteiger charge is 2.10. The van der Waals surface area contributed by atoms with Gasteiger partial charge in [0, 0.05) is 5.75 Å². The Balaban J connectivity index is 1.70. The van der Waals surface area contributed by atoms with Crippen molar-refractivity contribution in [2.45, 2.75) is 10.9 Å². The summed E-state index contributed by atoms with van der Waals surface area (Å²) in [5, 5.41) is 12.5. The molecule has 0 bridgehead atoms. The van der Waals surface area contributed by atoms with E-state index in [-0.39, 0.29) is 5.97 Å². The van der Waals surface area contributed by atoms with Crippen LogP contribution < -0.4 is 4.74 Å². The lowest BCUT2D eigenvalue weighted by molar-refractivity contribution is 0.0600. The number of esters is 1. The summed E-state index contributed by atoms with van der Waals surface area (Å²) < 4.78 is 11.5. The molecule has 0 unspecified atom stereocenters. The minimum atomic E-state index is -0.345. The van der Waals surface area contributed by atoms with E-state index in [1.807, 2.05) is 36.4 Å². The Labute approximate surface area is 149 Å². The summed E-state index contributed by atoms with van der Waals surface area (Å²) in [6, 6.07) is 14.8. The first-order valence-electron chi connectivity index (χ1n) is 7.44. The van der Waals surface area contributed by atoms with Gasteiger partial charge < -0.3 is 9.47 Å². The first-order valence-corrected chi connectivity index (χ1v) is 8.42. The maximum Gasteiger partial charge on any atom is 0.337 e. The predicted molar refractivity (Wildman–Crippen MR) is 93.0 cm³/mol. The molecule has 0 fully saturated rings. The third kappa shape index (κ3) is 3.97. The second-order valence-corrected chi connectivity index (χ2v) is 5.99. The van der Waals surface area contributed by atoms with Crippen LogP contribution >= 0.6 is 11.8 Å². The molecule has 3 aromatic rings. The van der Waals surface area contributed by atoms with Gasteiger partial charge in [0.05, 0.1) is 25.5 Å². The first kappa shape index (κ1) is 17.0. The van der Waals surface area contributed by atoms with Gasteiger partial charge in [-0.1, -0.05) is 23.9 Å².